The van der Waals surface area contributed by atoms with E-state index in [4.69, 9.17) is 4.74 Å². The molecule has 4 rings (SSSR count). The largest absolute Gasteiger partial charge is 0.378 e. The lowest BCUT2D eigenvalue weighted by Crippen LogP contribution is -2.41. The Morgan fingerprint density at radius 1 is 1.10 bits per heavy atom. The molecule has 30 heavy (non-hydrogen) atoms. The number of aromatic nitrogens is 2. The number of hydrogen-bond acceptors (Lipinski definition) is 5. The van der Waals surface area contributed by atoms with Crippen LogP contribution < -0.4 is 0 Å². The van der Waals surface area contributed by atoms with Gasteiger partial charge in [-0.15, -0.1) is 0 Å². The Bertz CT molecular complexity index is 897. The van der Waals surface area contributed by atoms with Crippen molar-refractivity contribution in [2.45, 2.75) is 38.6 Å². The molecule has 0 saturated carbocycles. The number of likely N-dealkylation sites (tertiary alicyclic amines) is 1. The second kappa shape index (κ2) is 9.34. The first kappa shape index (κ1) is 20.5. The Morgan fingerprint density at radius 2 is 1.87 bits per heavy atom. The third-order valence-electron chi connectivity index (χ3n) is 5.85. The summed E-state index contributed by atoms with van der Waals surface area (Å²) in [6, 6.07) is 9.67. The van der Waals surface area contributed by atoms with Crippen LogP contribution in [0.3, 0.4) is 0 Å². The summed E-state index contributed by atoms with van der Waals surface area (Å²) >= 11 is 0. The molecule has 0 N–H and O–H groups in total. The van der Waals surface area contributed by atoms with Gasteiger partial charge >= 0.3 is 0 Å². The molecular formula is C23H28N4O3. The van der Waals surface area contributed by atoms with Crippen LogP contribution in [0.2, 0.25) is 0 Å². The zero-order valence-corrected chi connectivity index (χ0v) is 17.4. The zero-order valence-electron chi connectivity index (χ0n) is 17.4. The minimum absolute atomic E-state index is 0.0528. The fraction of sp³-hybridized carbons (Fsp3) is 0.478. The molecule has 2 saturated heterocycles. The molecule has 0 bridgehead atoms. The Morgan fingerprint density at radius 3 is 2.60 bits per heavy atom. The van der Waals surface area contributed by atoms with Gasteiger partial charge in [0.25, 0.3) is 5.91 Å². The number of carbonyl (C=O) groups is 2. The molecule has 2 aromatic rings. The summed E-state index contributed by atoms with van der Waals surface area (Å²) in [4.78, 5) is 38.7. The molecule has 3 heterocycles. The molecule has 2 amide bonds. The third-order valence-corrected chi connectivity index (χ3v) is 5.85. The summed E-state index contributed by atoms with van der Waals surface area (Å²) in [5.41, 5.74) is 2.20. The molecule has 1 aromatic heterocycles. The molecule has 2 fully saturated rings. The predicted molar refractivity (Wildman–Crippen MR) is 112 cm³/mol. The summed E-state index contributed by atoms with van der Waals surface area (Å²) < 4.78 is 5.33. The van der Waals surface area contributed by atoms with Crippen molar-refractivity contribution in [2.24, 2.45) is 0 Å². The number of nitrogens with zero attached hydrogens (tertiary/aromatic N) is 4. The summed E-state index contributed by atoms with van der Waals surface area (Å²) in [6.07, 6.45) is 4.88. The molecule has 0 spiro atoms. The Balaban J connectivity index is 1.51. The Kier molecular flexibility index (Phi) is 6.38. The lowest BCUT2D eigenvalue weighted by molar-refractivity contribution is -0.134. The smallest absolute Gasteiger partial charge is 0.257 e. The highest BCUT2D eigenvalue weighted by Crippen LogP contribution is 2.30. The Hall–Kier alpha value is -2.80. The molecule has 158 valence electrons. The van der Waals surface area contributed by atoms with E-state index in [2.05, 4.69) is 9.97 Å². The van der Waals surface area contributed by atoms with Crippen LogP contribution in [0.15, 0.2) is 36.5 Å². The van der Waals surface area contributed by atoms with Gasteiger partial charge in [0.05, 0.1) is 36.9 Å². The van der Waals surface area contributed by atoms with E-state index in [0.29, 0.717) is 56.4 Å². The van der Waals surface area contributed by atoms with Crippen molar-refractivity contribution in [1.82, 2.24) is 19.8 Å². The van der Waals surface area contributed by atoms with Gasteiger partial charge in [0.2, 0.25) is 5.91 Å². The number of benzene rings is 1. The van der Waals surface area contributed by atoms with E-state index >= 15 is 0 Å². The standard InChI is InChI=1S/C23H28N4O3/c1-17-19(23(29)26-11-13-30-14-12-26)16-24-22(25-17)20-9-5-6-10-27(20)21(28)15-18-7-3-2-4-8-18/h2-4,7-8,16,20H,5-6,9-15H2,1H3/t20-/m0/s1. The molecular weight excluding hydrogens is 380 g/mol. The molecule has 2 aliphatic rings. The fourth-order valence-electron chi connectivity index (χ4n) is 4.16. The fourth-order valence-corrected chi connectivity index (χ4v) is 4.16. The normalized spacial score (nSPS) is 19.6. The predicted octanol–water partition coefficient (Wildman–Crippen LogP) is 2.55. The highest BCUT2D eigenvalue weighted by Gasteiger charge is 2.31. The lowest BCUT2D eigenvalue weighted by Gasteiger charge is -2.35. The molecule has 0 aliphatic carbocycles. The van der Waals surface area contributed by atoms with E-state index < -0.39 is 0 Å². The molecule has 7 heteroatoms. The maximum Gasteiger partial charge on any atom is 0.257 e. The first-order chi connectivity index (χ1) is 14.6. The number of piperidine rings is 1. The number of rotatable bonds is 4. The minimum Gasteiger partial charge on any atom is -0.378 e. The average molecular weight is 409 g/mol. The molecule has 1 aromatic carbocycles. The van der Waals surface area contributed by atoms with Gasteiger partial charge in [-0.3, -0.25) is 9.59 Å². The highest BCUT2D eigenvalue weighted by molar-refractivity contribution is 5.95. The van der Waals surface area contributed by atoms with Crippen molar-refractivity contribution in [3.05, 3.63) is 59.2 Å². The van der Waals surface area contributed by atoms with Gasteiger partial charge in [-0.25, -0.2) is 9.97 Å². The van der Waals surface area contributed by atoms with Gasteiger partial charge in [0, 0.05) is 25.8 Å². The number of morpholine rings is 1. The summed E-state index contributed by atoms with van der Waals surface area (Å²) in [5, 5.41) is 0. The average Bonchev–Trinajstić information content (AvgIpc) is 2.80. The highest BCUT2D eigenvalue weighted by atomic mass is 16.5. The van der Waals surface area contributed by atoms with E-state index in [1.54, 1.807) is 11.1 Å². The van der Waals surface area contributed by atoms with Crippen LogP contribution in [-0.4, -0.2) is 64.4 Å². The van der Waals surface area contributed by atoms with Crippen molar-refractivity contribution < 1.29 is 14.3 Å². The van der Waals surface area contributed by atoms with Crippen molar-refractivity contribution >= 4 is 11.8 Å². The summed E-state index contributed by atoms with van der Waals surface area (Å²) in [5.74, 6) is 0.677. The third kappa shape index (κ3) is 4.51. The zero-order chi connectivity index (χ0) is 20.9. The number of ether oxygens (including phenoxy) is 1. The first-order valence-electron chi connectivity index (χ1n) is 10.7. The maximum atomic E-state index is 13.0. The van der Waals surface area contributed by atoms with Gasteiger partial charge < -0.3 is 14.5 Å². The van der Waals surface area contributed by atoms with Gasteiger partial charge in [-0.05, 0) is 31.7 Å². The number of hydrogen-bond donors (Lipinski definition) is 0. The molecule has 2 aliphatic heterocycles. The molecule has 1 atom stereocenters. The van der Waals surface area contributed by atoms with Crippen LogP contribution in [0, 0.1) is 6.92 Å². The summed E-state index contributed by atoms with van der Waals surface area (Å²) in [7, 11) is 0. The van der Waals surface area contributed by atoms with Gasteiger partial charge in [0.1, 0.15) is 0 Å². The van der Waals surface area contributed by atoms with E-state index in [1.807, 2.05) is 42.2 Å². The SMILES string of the molecule is Cc1nc([C@@H]2CCCCN2C(=O)Cc2ccccc2)ncc1C(=O)N1CCOCC1. The van der Waals surface area contributed by atoms with Crippen LogP contribution in [0.4, 0.5) is 0 Å². The van der Waals surface area contributed by atoms with E-state index in [-0.39, 0.29) is 17.9 Å². The molecule has 0 unspecified atom stereocenters. The van der Waals surface area contributed by atoms with Crippen molar-refractivity contribution in [3.8, 4) is 0 Å². The van der Waals surface area contributed by atoms with E-state index in [9.17, 15) is 9.59 Å². The number of amides is 2. The van der Waals surface area contributed by atoms with Gasteiger partial charge in [0.15, 0.2) is 5.82 Å². The topological polar surface area (TPSA) is 75.6 Å². The number of carbonyl (C=O) groups excluding carboxylic acids is 2. The summed E-state index contributed by atoms with van der Waals surface area (Å²) in [6.45, 7) is 4.86. The first-order valence-corrected chi connectivity index (χ1v) is 10.7. The minimum atomic E-state index is -0.138. The quantitative estimate of drug-likeness (QED) is 0.777. The lowest BCUT2D eigenvalue weighted by atomic mass is 9.99. The van der Waals surface area contributed by atoms with Crippen LogP contribution >= 0.6 is 0 Å². The van der Waals surface area contributed by atoms with Crippen molar-refractivity contribution in [1.29, 1.82) is 0 Å². The molecule has 0 radical (unpaired) electrons. The number of aryl methyl sites for hydroxylation is 1. The maximum absolute atomic E-state index is 13.0. The second-order valence-electron chi connectivity index (χ2n) is 7.89. The van der Waals surface area contributed by atoms with Crippen LogP contribution in [-0.2, 0) is 16.0 Å². The van der Waals surface area contributed by atoms with Crippen molar-refractivity contribution in [2.75, 3.05) is 32.8 Å². The van der Waals surface area contributed by atoms with Crippen molar-refractivity contribution in [3.63, 3.8) is 0 Å². The van der Waals surface area contributed by atoms with Gasteiger partial charge in [-0.1, -0.05) is 30.3 Å². The van der Waals surface area contributed by atoms with Crippen LogP contribution in [0.5, 0.6) is 0 Å². The second-order valence-corrected chi connectivity index (χ2v) is 7.89. The molecule has 7 nitrogen and oxygen atoms in total. The van der Waals surface area contributed by atoms with Gasteiger partial charge in [-0.2, -0.15) is 0 Å². The van der Waals surface area contributed by atoms with Crippen LogP contribution in [0.1, 0.15) is 52.7 Å². The Labute approximate surface area is 177 Å². The van der Waals surface area contributed by atoms with E-state index in [1.165, 1.54) is 0 Å². The van der Waals surface area contributed by atoms with E-state index in [0.717, 1.165) is 24.8 Å². The van der Waals surface area contributed by atoms with Crippen LogP contribution in [0.25, 0.3) is 0 Å². The monoisotopic (exact) mass is 408 g/mol.